The van der Waals surface area contributed by atoms with Crippen molar-refractivity contribution in [2.24, 2.45) is 5.10 Å². The van der Waals surface area contributed by atoms with Crippen molar-refractivity contribution in [1.82, 2.24) is 5.01 Å². The quantitative estimate of drug-likeness (QED) is 0.658. The smallest absolute Gasteiger partial charge is 0.222 e. The topological polar surface area (TPSA) is 34.1 Å². The maximum atomic E-state index is 6.32. The number of hydrazone groups is 1. The van der Waals surface area contributed by atoms with Gasteiger partial charge in [0.15, 0.2) is 0 Å². The molecule has 2 atom stereocenters. The molecule has 0 fully saturated rings. The van der Waals surface area contributed by atoms with E-state index in [2.05, 4.69) is 46.8 Å². The lowest BCUT2D eigenvalue weighted by Gasteiger charge is -2.37. The fourth-order valence-corrected chi connectivity index (χ4v) is 4.37. The molecule has 4 nitrogen and oxygen atoms in total. The van der Waals surface area contributed by atoms with Crippen LogP contribution in [0.1, 0.15) is 34.7 Å². The molecule has 0 N–H and O–H groups in total. The van der Waals surface area contributed by atoms with Crippen LogP contribution in [0.3, 0.4) is 0 Å². The van der Waals surface area contributed by atoms with Crippen LogP contribution in [-0.2, 0) is 0 Å². The van der Waals surface area contributed by atoms with Gasteiger partial charge in [-0.25, -0.2) is 5.01 Å². The number of rotatable bonds is 3. The molecule has 0 amide bonds. The van der Waals surface area contributed by atoms with Crippen LogP contribution in [0.2, 0.25) is 0 Å². The summed E-state index contributed by atoms with van der Waals surface area (Å²) in [6, 6.07) is 20.7. The Bertz CT molecular complexity index is 968. The van der Waals surface area contributed by atoms with E-state index in [4.69, 9.17) is 14.6 Å². The molecule has 3 aromatic rings. The van der Waals surface area contributed by atoms with Gasteiger partial charge in [0.05, 0.1) is 23.7 Å². The van der Waals surface area contributed by atoms with Crippen LogP contribution in [0.15, 0.2) is 71.1 Å². The standard InChI is InChI=1S/C21H18N2O2S/c1-24-15-7-4-6-14(12-15)17-13-18-16-8-2-3-9-19(16)25-21(23(18)22-17)20-10-5-11-26-20/h2-12,18,21H,13H2,1H3. The summed E-state index contributed by atoms with van der Waals surface area (Å²) in [5.41, 5.74) is 3.36. The van der Waals surface area contributed by atoms with Gasteiger partial charge >= 0.3 is 0 Å². The number of thiophene rings is 1. The van der Waals surface area contributed by atoms with Gasteiger partial charge in [-0.2, -0.15) is 5.10 Å². The first-order valence-electron chi connectivity index (χ1n) is 8.63. The molecule has 2 aliphatic heterocycles. The molecular formula is C21H18N2O2S. The molecule has 0 saturated heterocycles. The molecule has 2 unspecified atom stereocenters. The normalized spacial score (nSPS) is 20.8. The lowest BCUT2D eigenvalue weighted by molar-refractivity contribution is -0.0165. The van der Waals surface area contributed by atoms with Crippen LogP contribution in [0, 0.1) is 0 Å². The number of hydrogen-bond acceptors (Lipinski definition) is 5. The van der Waals surface area contributed by atoms with E-state index in [0.717, 1.165) is 29.2 Å². The van der Waals surface area contributed by atoms with Gasteiger partial charge < -0.3 is 9.47 Å². The second kappa shape index (κ2) is 6.18. The van der Waals surface area contributed by atoms with Crippen molar-refractivity contribution in [2.45, 2.75) is 18.7 Å². The molecule has 130 valence electrons. The van der Waals surface area contributed by atoms with Crippen LogP contribution in [0.5, 0.6) is 11.5 Å². The summed E-state index contributed by atoms with van der Waals surface area (Å²) < 4.78 is 11.7. The third-order valence-corrected chi connectivity index (χ3v) is 5.79. The van der Waals surface area contributed by atoms with Gasteiger partial charge in [0.25, 0.3) is 0 Å². The first-order valence-corrected chi connectivity index (χ1v) is 9.50. The minimum Gasteiger partial charge on any atom is -0.497 e. The largest absolute Gasteiger partial charge is 0.497 e. The van der Waals surface area contributed by atoms with Gasteiger partial charge in [-0.1, -0.05) is 36.4 Å². The highest BCUT2D eigenvalue weighted by Crippen LogP contribution is 2.48. The van der Waals surface area contributed by atoms with Crippen LogP contribution < -0.4 is 9.47 Å². The predicted molar refractivity (Wildman–Crippen MR) is 103 cm³/mol. The number of fused-ring (bicyclic) bond motifs is 3. The van der Waals surface area contributed by atoms with Gasteiger partial charge in [0.1, 0.15) is 11.5 Å². The van der Waals surface area contributed by atoms with Gasteiger partial charge in [-0.15, -0.1) is 11.3 Å². The second-order valence-corrected chi connectivity index (χ2v) is 7.38. The van der Waals surface area contributed by atoms with Crippen LogP contribution in [0.25, 0.3) is 0 Å². The third kappa shape index (κ3) is 2.47. The molecule has 26 heavy (non-hydrogen) atoms. The zero-order chi connectivity index (χ0) is 17.5. The van der Waals surface area contributed by atoms with Gasteiger partial charge in [-0.3, -0.25) is 0 Å². The van der Waals surface area contributed by atoms with Crippen molar-refractivity contribution in [3.63, 3.8) is 0 Å². The van der Waals surface area contributed by atoms with Crippen molar-refractivity contribution in [2.75, 3.05) is 7.11 Å². The van der Waals surface area contributed by atoms with Gasteiger partial charge in [0.2, 0.25) is 6.23 Å². The van der Waals surface area contributed by atoms with Crippen molar-refractivity contribution in [3.05, 3.63) is 82.0 Å². The molecule has 0 radical (unpaired) electrons. The highest BCUT2D eigenvalue weighted by Gasteiger charge is 2.41. The van der Waals surface area contributed by atoms with E-state index >= 15 is 0 Å². The molecule has 3 heterocycles. The summed E-state index contributed by atoms with van der Waals surface area (Å²) in [6.07, 6.45) is 0.674. The Balaban J connectivity index is 1.58. The number of methoxy groups -OCH3 is 1. The van der Waals surface area contributed by atoms with Crippen molar-refractivity contribution >= 4 is 17.0 Å². The minimum atomic E-state index is -0.182. The Kier molecular flexibility index (Phi) is 3.68. The Morgan fingerprint density at radius 2 is 2.04 bits per heavy atom. The second-order valence-electron chi connectivity index (χ2n) is 6.40. The number of ether oxygens (including phenoxy) is 2. The highest BCUT2D eigenvalue weighted by atomic mass is 32.1. The number of benzene rings is 2. The molecule has 5 rings (SSSR count). The maximum absolute atomic E-state index is 6.32. The SMILES string of the molecule is COc1cccc(C2=NN3C(C2)c2ccccc2OC3c2cccs2)c1. The Labute approximate surface area is 156 Å². The summed E-state index contributed by atoms with van der Waals surface area (Å²) in [7, 11) is 1.69. The zero-order valence-electron chi connectivity index (χ0n) is 14.3. The molecular weight excluding hydrogens is 344 g/mol. The molecule has 5 heteroatoms. The summed E-state index contributed by atoms with van der Waals surface area (Å²) in [4.78, 5) is 1.17. The molecule has 0 bridgehead atoms. The van der Waals surface area contributed by atoms with Gasteiger partial charge in [-0.05, 0) is 29.6 Å². The Hall–Kier alpha value is -2.79. The molecule has 0 aliphatic carbocycles. The Morgan fingerprint density at radius 3 is 2.88 bits per heavy atom. The van der Waals surface area contributed by atoms with Crippen LogP contribution in [-0.4, -0.2) is 17.8 Å². The summed E-state index contributed by atoms with van der Waals surface area (Å²) in [5, 5.41) is 9.16. The summed E-state index contributed by atoms with van der Waals surface area (Å²) in [5.74, 6) is 1.80. The van der Waals surface area contributed by atoms with E-state index in [1.165, 1.54) is 10.4 Å². The highest BCUT2D eigenvalue weighted by molar-refractivity contribution is 7.10. The van der Waals surface area contributed by atoms with Crippen LogP contribution in [0.4, 0.5) is 0 Å². The van der Waals surface area contributed by atoms with Crippen molar-refractivity contribution in [1.29, 1.82) is 0 Å². The average Bonchev–Trinajstić information content (AvgIpc) is 3.37. The van der Waals surface area contributed by atoms with Crippen molar-refractivity contribution in [3.8, 4) is 11.5 Å². The van der Waals surface area contributed by atoms with Gasteiger partial charge in [0, 0.05) is 17.5 Å². The fourth-order valence-electron chi connectivity index (χ4n) is 3.63. The monoisotopic (exact) mass is 362 g/mol. The Morgan fingerprint density at radius 1 is 1.12 bits per heavy atom. The first-order chi connectivity index (χ1) is 12.8. The molecule has 0 saturated carbocycles. The van der Waals surface area contributed by atoms with E-state index in [-0.39, 0.29) is 12.3 Å². The minimum absolute atomic E-state index is 0.182. The lowest BCUT2D eigenvalue weighted by Crippen LogP contribution is -2.33. The first kappa shape index (κ1) is 15.5. The maximum Gasteiger partial charge on any atom is 0.222 e. The third-order valence-electron chi connectivity index (χ3n) is 4.89. The zero-order valence-corrected chi connectivity index (χ0v) is 15.1. The molecule has 2 aromatic carbocycles. The van der Waals surface area contributed by atoms with E-state index < -0.39 is 0 Å². The number of nitrogens with zero attached hydrogens (tertiary/aromatic N) is 2. The predicted octanol–water partition coefficient (Wildman–Crippen LogP) is 5.00. The van der Waals surface area contributed by atoms with E-state index in [0.29, 0.717) is 0 Å². The molecule has 0 spiro atoms. The lowest BCUT2D eigenvalue weighted by atomic mass is 9.96. The van der Waals surface area contributed by atoms with E-state index in [1.807, 2.05) is 24.3 Å². The van der Waals surface area contributed by atoms with Crippen molar-refractivity contribution < 1.29 is 9.47 Å². The van der Waals surface area contributed by atoms with E-state index in [9.17, 15) is 0 Å². The van der Waals surface area contributed by atoms with Crippen LogP contribution >= 0.6 is 11.3 Å². The van der Waals surface area contributed by atoms with E-state index in [1.54, 1.807) is 18.4 Å². The molecule has 2 aliphatic rings. The summed E-state index contributed by atoms with van der Waals surface area (Å²) >= 11 is 1.70. The molecule has 1 aromatic heterocycles. The number of para-hydroxylation sites is 1. The fraction of sp³-hybridized carbons (Fsp3) is 0.190. The number of hydrogen-bond donors (Lipinski definition) is 0. The summed E-state index contributed by atoms with van der Waals surface area (Å²) in [6.45, 7) is 0. The average molecular weight is 362 g/mol.